The number of aromatic nitrogens is 2. The van der Waals surface area contributed by atoms with Crippen LogP contribution in [0.3, 0.4) is 0 Å². The molecule has 2 unspecified atom stereocenters. The van der Waals surface area contributed by atoms with E-state index >= 15 is 0 Å². The number of nitrogens with zero attached hydrogens (tertiary/aromatic N) is 2. The predicted octanol–water partition coefficient (Wildman–Crippen LogP) is -0.0602. The molecule has 0 spiro atoms. The van der Waals surface area contributed by atoms with Gasteiger partial charge >= 0.3 is 0 Å². The molecule has 7 heteroatoms. The average Bonchev–Trinajstić information content (AvgIpc) is 2.87. The third kappa shape index (κ3) is 2.22. The van der Waals surface area contributed by atoms with E-state index in [1.807, 2.05) is 13.8 Å². The molecule has 1 aromatic rings. The summed E-state index contributed by atoms with van der Waals surface area (Å²) in [5.41, 5.74) is 5.84. The van der Waals surface area contributed by atoms with E-state index in [4.69, 9.17) is 5.73 Å². The summed E-state index contributed by atoms with van der Waals surface area (Å²) >= 11 is 0. The van der Waals surface area contributed by atoms with Crippen LogP contribution in [0.15, 0.2) is 11.2 Å². The van der Waals surface area contributed by atoms with E-state index < -0.39 is 10.0 Å². The Bertz CT molecular complexity index is 486. The van der Waals surface area contributed by atoms with Gasteiger partial charge in [-0.1, -0.05) is 13.8 Å². The molecule has 1 saturated heterocycles. The summed E-state index contributed by atoms with van der Waals surface area (Å²) in [4.78, 5) is 6.85. The summed E-state index contributed by atoms with van der Waals surface area (Å²) in [5, 5.41) is 0.163. The standard InChI is InChI=1S/C10H18N4O2S/c1-3-9-12-4-10(13-9)17(15,16)14-5-7(2)8(11)6-14/h4,7-8H,3,5-6,11H2,1-2H3,(H,12,13). The lowest BCUT2D eigenvalue weighted by molar-refractivity contribution is 0.462. The van der Waals surface area contributed by atoms with Crippen molar-refractivity contribution in [3.8, 4) is 0 Å². The molecule has 1 aliphatic heterocycles. The minimum absolute atomic E-state index is 0.0849. The molecule has 6 nitrogen and oxygen atoms in total. The van der Waals surface area contributed by atoms with Gasteiger partial charge in [-0.15, -0.1) is 0 Å². The van der Waals surface area contributed by atoms with Crippen molar-refractivity contribution >= 4 is 10.0 Å². The lowest BCUT2D eigenvalue weighted by Crippen LogP contribution is -2.32. The summed E-state index contributed by atoms with van der Waals surface area (Å²) in [6.07, 6.45) is 2.06. The van der Waals surface area contributed by atoms with Gasteiger partial charge in [0.15, 0.2) is 5.03 Å². The normalized spacial score (nSPS) is 26.5. The molecule has 0 aromatic carbocycles. The van der Waals surface area contributed by atoms with Crippen LogP contribution in [-0.2, 0) is 16.4 Å². The number of hydrogen-bond donors (Lipinski definition) is 2. The molecule has 0 radical (unpaired) electrons. The fourth-order valence-electron chi connectivity index (χ4n) is 1.94. The van der Waals surface area contributed by atoms with Crippen LogP contribution in [0, 0.1) is 5.92 Å². The Kier molecular flexibility index (Phi) is 3.24. The Morgan fingerprint density at radius 1 is 1.59 bits per heavy atom. The Hall–Kier alpha value is -0.920. The Balaban J connectivity index is 2.25. The average molecular weight is 258 g/mol. The van der Waals surface area contributed by atoms with E-state index in [0.717, 1.165) is 0 Å². The fourth-order valence-corrected chi connectivity index (χ4v) is 3.45. The first-order chi connectivity index (χ1) is 7.95. The van der Waals surface area contributed by atoms with E-state index in [-0.39, 0.29) is 17.0 Å². The van der Waals surface area contributed by atoms with Crippen molar-refractivity contribution in [2.45, 2.75) is 31.3 Å². The van der Waals surface area contributed by atoms with Crippen LogP contribution in [0.2, 0.25) is 0 Å². The summed E-state index contributed by atoms with van der Waals surface area (Å²) in [6.45, 7) is 4.74. The molecule has 2 rings (SSSR count). The first-order valence-corrected chi connectivity index (χ1v) is 7.18. The SMILES string of the molecule is CCc1ncc(S(=O)(=O)N2CC(C)C(N)C2)[nH]1. The number of aromatic amines is 1. The van der Waals surface area contributed by atoms with E-state index in [2.05, 4.69) is 9.97 Å². The molecule has 2 heterocycles. The zero-order chi connectivity index (χ0) is 12.6. The largest absolute Gasteiger partial charge is 0.332 e. The second kappa shape index (κ2) is 4.40. The topological polar surface area (TPSA) is 92.1 Å². The first-order valence-electron chi connectivity index (χ1n) is 5.74. The van der Waals surface area contributed by atoms with Gasteiger partial charge in [0.1, 0.15) is 5.82 Å². The Morgan fingerprint density at radius 2 is 2.29 bits per heavy atom. The van der Waals surface area contributed by atoms with Gasteiger partial charge < -0.3 is 10.7 Å². The molecule has 17 heavy (non-hydrogen) atoms. The van der Waals surface area contributed by atoms with Crippen LogP contribution in [0.1, 0.15) is 19.7 Å². The van der Waals surface area contributed by atoms with Crippen molar-refractivity contribution in [2.75, 3.05) is 13.1 Å². The molecule has 1 aromatic heterocycles. The number of rotatable bonds is 3. The van der Waals surface area contributed by atoms with Gasteiger partial charge in [-0.2, -0.15) is 4.31 Å². The number of imidazole rings is 1. The number of sulfonamides is 1. The summed E-state index contributed by atoms with van der Waals surface area (Å²) in [6, 6.07) is -0.0849. The highest BCUT2D eigenvalue weighted by Crippen LogP contribution is 2.22. The van der Waals surface area contributed by atoms with Gasteiger partial charge in [0.2, 0.25) is 0 Å². The highest BCUT2D eigenvalue weighted by Gasteiger charge is 2.36. The molecular formula is C10H18N4O2S. The van der Waals surface area contributed by atoms with E-state index in [9.17, 15) is 8.42 Å². The molecule has 1 aliphatic rings. The van der Waals surface area contributed by atoms with Crippen molar-refractivity contribution < 1.29 is 8.42 Å². The van der Waals surface area contributed by atoms with Crippen LogP contribution < -0.4 is 5.73 Å². The van der Waals surface area contributed by atoms with Crippen molar-refractivity contribution in [1.82, 2.24) is 14.3 Å². The highest BCUT2D eigenvalue weighted by molar-refractivity contribution is 7.89. The lowest BCUT2D eigenvalue weighted by Gasteiger charge is -2.14. The summed E-state index contributed by atoms with van der Waals surface area (Å²) < 4.78 is 25.9. The van der Waals surface area contributed by atoms with Gasteiger partial charge in [0, 0.05) is 25.6 Å². The molecular weight excluding hydrogens is 240 g/mol. The second-order valence-corrected chi connectivity index (χ2v) is 6.42. The summed E-state index contributed by atoms with van der Waals surface area (Å²) in [7, 11) is -3.46. The smallest absolute Gasteiger partial charge is 0.260 e. The second-order valence-electron chi connectivity index (χ2n) is 4.51. The number of H-pyrrole nitrogens is 1. The predicted molar refractivity (Wildman–Crippen MR) is 63.9 cm³/mol. The third-order valence-corrected chi connectivity index (χ3v) is 4.94. The van der Waals surface area contributed by atoms with Gasteiger partial charge in [-0.05, 0) is 5.92 Å². The maximum atomic E-state index is 12.3. The first kappa shape index (κ1) is 12.5. The molecule has 1 fully saturated rings. The number of hydrogen-bond acceptors (Lipinski definition) is 4. The van der Waals surface area contributed by atoms with Crippen LogP contribution >= 0.6 is 0 Å². The fraction of sp³-hybridized carbons (Fsp3) is 0.700. The van der Waals surface area contributed by atoms with Crippen molar-refractivity contribution in [1.29, 1.82) is 0 Å². The highest BCUT2D eigenvalue weighted by atomic mass is 32.2. The minimum Gasteiger partial charge on any atom is -0.332 e. The third-order valence-electron chi connectivity index (χ3n) is 3.19. The van der Waals surface area contributed by atoms with E-state index in [0.29, 0.717) is 25.3 Å². The van der Waals surface area contributed by atoms with Crippen molar-refractivity contribution in [3.63, 3.8) is 0 Å². The van der Waals surface area contributed by atoms with Gasteiger partial charge in [-0.3, -0.25) is 0 Å². The molecule has 0 saturated carbocycles. The Morgan fingerprint density at radius 3 is 2.76 bits per heavy atom. The molecule has 0 amide bonds. The molecule has 0 aliphatic carbocycles. The van der Waals surface area contributed by atoms with Gasteiger partial charge in [-0.25, -0.2) is 13.4 Å². The number of aryl methyl sites for hydroxylation is 1. The maximum Gasteiger partial charge on any atom is 0.260 e. The summed E-state index contributed by atoms with van der Waals surface area (Å²) in [5.74, 6) is 0.874. The van der Waals surface area contributed by atoms with E-state index in [1.54, 1.807) is 0 Å². The molecule has 96 valence electrons. The quantitative estimate of drug-likeness (QED) is 0.794. The number of nitrogens with one attached hydrogen (secondary N) is 1. The van der Waals surface area contributed by atoms with Crippen molar-refractivity contribution in [2.24, 2.45) is 11.7 Å². The van der Waals surface area contributed by atoms with Gasteiger partial charge in [0.25, 0.3) is 10.0 Å². The zero-order valence-corrected chi connectivity index (χ0v) is 10.9. The van der Waals surface area contributed by atoms with Crippen LogP contribution in [-0.4, -0.2) is 41.8 Å². The zero-order valence-electron chi connectivity index (χ0n) is 10.0. The van der Waals surface area contributed by atoms with Crippen LogP contribution in [0.4, 0.5) is 0 Å². The Labute approximate surface area is 101 Å². The van der Waals surface area contributed by atoms with Gasteiger partial charge in [0.05, 0.1) is 6.20 Å². The lowest BCUT2D eigenvalue weighted by atomic mass is 10.1. The number of nitrogens with two attached hydrogens (primary N) is 1. The van der Waals surface area contributed by atoms with Crippen LogP contribution in [0.25, 0.3) is 0 Å². The van der Waals surface area contributed by atoms with Crippen molar-refractivity contribution in [3.05, 3.63) is 12.0 Å². The maximum absolute atomic E-state index is 12.3. The van der Waals surface area contributed by atoms with Crippen LogP contribution in [0.5, 0.6) is 0 Å². The molecule has 3 N–H and O–H groups in total. The molecule has 0 bridgehead atoms. The minimum atomic E-state index is -3.46. The monoisotopic (exact) mass is 258 g/mol. The van der Waals surface area contributed by atoms with E-state index in [1.165, 1.54) is 10.5 Å². The molecule has 2 atom stereocenters.